The zero-order valence-electron chi connectivity index (χ0n) is 17.3. The Bertz CT molecular complexity index is 817. The summed E-state index contributed by atoms with van der Waals surface area (Å²) < 4.78 is 16.3. The lowest BCUT2D eigenvalue weighted by Gasteiger charge is -2.35. The van der Waals surface area contributed by atoms with Gasteiger partial charge in [0.2, 0.25) is 5.91 Å². The number of piperazine rings is 1. The molecule has 0 spiro atoms. The lowest BCUT2D eigenvalue weighted by molar-refractivity contribution is -0.149. The summed E-state index contributed by atoms with van der Waals surface area (Å²) in [4.78, 5) is 26.3. The van der Waals surface area contributed by atoms with E-state index in [1.165, 1.54) is 0 Å². The number of aliphatic hydroxyl groups excluding tert-OH is 1. The van der Waals surface area contributed by atoms with Gasteiger partial charge in [-0.25, -0.2) is 0 Å². The maximum atomic E-state index is 12.3. The van der Waals surface area contributed by atoms with Crippen molar-refractivity contribution in [2.45, 2.75) is 18.6 Å². The number of rotatable bonds is 11. The van der Waals surface area contributed by atoms with E-state index in [2.05, 4.69) is 5.32 Å². The van der Waals surface area contributed by atoms with Crippen LogP contribution in [0.4, 0.5) is 0 Å². The lowest BCUT2D eigenvalue weighted by atomic mass is 10.1. The fourth-order valence-electron chi connectivity index (χ4n) is 3.28. The Hall–Kier alpha value is -3.10. The van der Waals surface area contributed by atoms with Gasteiger partial charge in [-0.2, -0.15) is 0 Å². The lowest BCUT2D eigenvalue weighted by Crippen LogP contribution is -2.57. The van der Waals surface area contributed by atoms with Crippen LogP contribution in [-0.2, 0) is 14.3 Å². The molecule has 1 aliphatic rings. The summed E-state index contributed by atoms with van der Waals surface area (Å²) in [7, 11) is 0. The third-order valence-corrected chi connectivity index (χ3v) is 4.79. The number of ether oxygens (including phenoxy) is 3. The first-order valence-electron chi connectivity index (χ1n) is 10.3. The number of benzene rings is 2. The Morgan fingerprint density at radius 1 is 1.03 bits per heavy atom. The van der Waals surface area contributed by atoms with Gasteiger partial charge >= 0.3 is 5.97 Å². The van der Waals surface area contributed by atoms with Crippen LogP contribution in [0, 0.1) is 0 Å². The van der Waals surface area contributed by atoms with Crippen LogP contribution < -0.4 is 14.8 Å². The maximum absolute atomic E-state index is 12.3. The molecule has 0 bridgehead atoms. The smallest absolute Gasteiger partial charge is 0.308 e. The van der Waals surface area contributed by atoms with Crippen molar-refractivity contribution in [3.8, 4) is 11.5 Å². The van der Waals surface area contributed by atoms with Crippen LogP contribution in [-0.4, -0.2) is 73.5 Å². The minimum absolute atomic E-state index is 0.0929. The predicted molar refractivity (Wildman–Crippen MR) is 114 cm³/mol. The molecular weight excluding hydrogens is 400 g/mol. The van der Waals surface area contributed by atoms with Crippen molar-refractivity contribution in [3.05, 3.63) is 60.7 Å². The van der Waals surface area contributed by atoms with Crippen LogP contribution in [0.25, 0.3) is 0 Å². The molecule has 1 fully saturated rings. The minimum atomic E-state index is -0.802. The first kappa shape index (κ1) is 22.6. The molecule has 8 nitrogen and oxygen atoms in total. The number of hydrogen-bond donors (Lipinski definition) is 2. The van der Waals surface area contributed by atoms with E-state index in [0.29, 0.717) is 24.6 Å². The number of esters is 1. The van der Waals surface area contributed by atoms with E-state index in [4.69, 9.17) is 14.2 Å². The average molecular weight is 428 g/mol. The Kier molecular flexibility index (Phi) is 8.69. The Balaban J connectivity index is 1.42. The summed E-state index contributed by atoms with van der Waals surface area (Å²) in [6, 6.07) is 17.7. The molecule has 1 amide bonds. The number of nitrogens with zero attached hydrogens (tertiary/aromatic N) is 1. The molecule has 3 rings (SSSR count). The Labute approximate surface area is 181 Å². The molecule has 0 radical (unpaired) electrons. The zero-order valence-corrected chi connectivity index (χ0v) is 17.3. The minimum Gasteiger partial charge on any atom is -0.491 e. The van der Waals surface area contributed by atoms with Gasteiger partial charge in [0, 0.05) is 19.6 Å². The van der Waals surface area contributed by atoms with Crippen molar-refractivity contribution >= 4 is 11.9 Å². The second-order valence-corrected chi connectivity index (χ2v) is 7.17. The monoisotopic (exact) mass is 428 g/mol. The molecule has 1 saturated heterocycles. The predicted octanol–water partition coefficient (Wildman–Crippen LogP) is 1.24. The van der Waals surface area contributed by atoms with Crippen molar-refractivity contribution < 1.29 is 28.9 Å². The van der Waals surface area contributed by atoms with E-state index >= 15 is 0 Å². The molecule has 2 aromatic carbocycles. The van der Waals surface area contributed by atoms with E-state index in [1.807, 2.05) is 48.5 Å². The van der Waals surface area contributed by atoms with Crippen LogP contribution in [0.5, 0.6) is 11.5 Å². The van der Waals surface area contributed by atoms with Gasteiger partial charge in [0.15, 0.2) is 0 Å². The highest BCUT2D eigenvalue weighted by molar-refractivity contribution is 5.87. The molecule has 0 aromatic heterocycles. The molecule has 0 saturated carbocycles. The van der Waals surface area contributed by atoms with Gasteiger partial charge in [0.05, 0.1) is 12.5 Å². The van der Waals surface area contributed by atoms with E-state index in [9.17, 15) is 14.7 Å². The summed E-state index contributed by atoms with van der Waals surface area (Å²) in [5.41, 5.74) is 0. The SMILES string of the molecule is O=C(CC1C(=O)NCCN1CC(O)COc1ccccc1)OCCOc1ccccc1. The Morgan fingerprint density at radius 3 is 2.35 bits per heavy atom. The second-order valence-electron chi connectivity index (χ2n) is 7.17. The van der Waals surface area contributed by atoms with Crippen molar-refractivity contribution in [3.63, 3.8) is 0 Å². The molecule has 0 aliphatic carbocycles. The van der Waals surface area contributed by atoms with Crippen LogP contribution in [0.3, 0.4) is 0 Å². The molecule has 8 heteroatoms. The van der Waals surface area contributed by atoms with E-state index < -0.39 is 18.1 Å². The van der Waals surface area contributed by atoms with Gasteiger partial charge in [-0.3, -0.25) is 14.5 Å². The van der Waals surface area contributed by atoms with Crippen molar-refractivity contribution in [2.24, 2.45) is 0 Å². The van der Waals surface area contributed by atoms with Crippen molar-refractivity contribution in [1.82, 2.24) is 10.2 Å². The molecule has 2 unspecified atom stereocenters. The highest BCUT2D eigenvalue weighted by atomic mass is 16.6. The number of amides is 1. The fraction of sp³-hybridized carbons (Fsp3) is 0.391. The number of hydrogen-bond acceptors (Lipinski definition) is 7. The van der Waals surface area contributed by atoms with Gasteiger partial charge in [0.25, 0.3) is 0 Å². The number of carbonyl (C=O) groups is 2. The van der Waals surface area contributed by atoms with Gasteiger partial charge in [0.1, 0.15) is 37.4 Å². The van der Waals surface area contributed by atoms with E-state index in [0.717, 1.165) is 0 Å². The molecule has 2 atom stereocenters. The number of β-amino-alcohol motifs (C(OH)–C–C–N with tert-alkyl or cyclic N) is 1. The number of nitrogens with one attached hydrogen (secondary N) is 1. The standard InChI is InChI=1S/C23H28N2O6/c26-18(17-31-20-9-5-2-6-10-20)16-25-12-11-24-23(28)21(25)15-22(27)30-14-13-29-19-7-3-1-4-8-19/h1-10,18,21,26H,11-17H2,(H,24,28). The summed E-state index contributed by atoms with van der Waals surface area (Å²) in [5, 5.41) is 13.1. The van der Waals surface area contributed by atoms with E-state index in [-0.39, 0.29) is 38.7 Å². The van der Waals surface area contributed by atoms with Crippen LogP contribution in [0.15, 0.2) is 60.7 Å². The first-order valence-corrected chi connectivity index (χ1v) is 10.3. The molecule has 1 aliphatic heterocycles. The second kappa shape index (κ2) is 11.9. The molecule has 2 N–H and O–H groups in total. The molecule has 31 heavy (non-hydrogen) atoms. The summed E-state index contributed by atoms with van der Waals surface area (Å²) >= 11 is 0. The number of para-hydroxylation sites is 2. The van der Waals surface area contributed by atoms with E-state index in [1.54, 1.807) is 17.0 Å². The van der Waals surface area contributed by atoms with Gasteiger partial charge in [-0.15, -0.1) is 0 Å². The van der Waals surface area contributed by atoms with Crippen LogP contribution >= 0.6 is 0 Å². The van der Waals surface area contributed by atoms with Gasteiger partial charge in [-0.05, 0) is 24.3 Å². The zero-order chi connectivity index (χ0) is 21.9. The average Bonchev–Trinajstić information content (AvgIpc) is 2.79. The fourth-order valence-corrected chi connectivity index (χ4v) is 3.28. The maximum Gasteiger partial charge on any atom is 0.308 e. The summed E-state index contributed by atoms with van der Waals surface area (Å²) in [5.74, 6) is 0.623. The highest BCUT2D eigenvalue weighted by Gasteiger charge is 2.33. The Morgan fingerprint density at radius 2 is 1.68 bits per heavy atom. The molecule has 1 heterocycles. The van der Waals surface area contributed by atoms with Gasteiger partial charge < -0.3 is 24.6 Å². The summed E-state index contributed by atoms with van der Waals surface area (Å²) in [6.07, 6.45) is -0.896. The van der Waals surface area contributed by atoms with Crippen molar-refractivity contribution in [1.29, 1.82) is 0 Å². The number of aliphatic hydroxyl groups is 1. The topological polar surface area (TPSA) is 97.3 Å². The van der Waals surface area contributed by atoms with Crippen LogP contribution in [0.1, 0.15) is 6.42 Å². The first-order chi connectivity index (χ1) is 15.1. The third-order valence-electron chi connectivity index (χ3n) is 4.79. The summed E-state index contributed by atoms with van der Waals surface area (Å²) in [6.45, 7) is 1.62. The quantitative estimate of drug-likeness (QED) is 0.411. The third kappa shape index (κ3) is 7.58. The normalized spacial score (nSPS) is 17.5. The number of carbonyl (C=O) groups excluding carboxylic acids is 2. The molecule has 2 aromatic rings. The highest BCUT2D eigenvalue weighted by Crippen LogP contribution is 2.13. The molecule has 166 valence electrons. The van der Waals surface area contributed by atoms with Gasteiger partial charge in [-0.1, -0.05) is 36.4 Å². The van der Waals surface area contributed by atoms with Crippen molar-refractivity contribution in [2.75, 3.05) is 39.5 Å². The van der Waals surface area contributed by atoms with Crippen LogP contribution in [0.2, 0.25) is 0 Å². The molecular formula is C23H28N2O6. The largest absolute Gasteiger partial charge is 0.491 e.